The molecule has 3 nitrogen and oxygen atoms in total. The molecule has 0 aromatic carbocycles. The largest absolute Gasteiger partial charge is 0.303 e. The van der Waals surface area contributed by atoms with Gasteiger partial charge in [0.2, 0.25) is 0 Å². The number of amides is 1. The zero-order valence-electron chi connectivity index (χ0n) is 7.78. The van der Waals surface area contributed by atoms with E-state index in [4.69, 9.17) is 0 Å². The Balaban J connectivity index is 2.83. The van der Waals surface area contributed by atoms with Crippen LogP contribution in [0.5, 0.6) is 0 Å². The minimum Gasteiger partial charge on any atom is -0.303 e. The molecule has 0 bridgehead atoms. The highest BCUT2D eigenvalue weighted by atomic mass is 32.2. The quantitative estimate of drug-likeness (QED) is 0.543. The highest BCUT2D eigenvalue weighted by molar-refractivity contribution is 8.12. The maximum atomic E-state index is 11.4. The summed E-state index contributed by atoms with van der Waals surface area (Å²) in [5.74, 6) is 3.64. The van der Waals surface area contributed by atoms with Crippen LogP contribution in [-0.2, 0) is 7.05 Å². The first kappa shape index (κ1) is 9.92. The number of hydrogen-bond donors (Lipinski definition) is 1. The second-order valence-electron chi connectivity index (χ2n) is 2.83. The summed E-state index contributed by atoms with van der Waals surface area (Å²) in [5.41, 5.74) is 0.660. The van der Waals surface area contributed by atoms with Crippen molar-refractivity contribution < 1.29 is 9.36 Å². The van der Waals surface area contributed by atoms with E-state index in [9.17, 15) is 4.79 Å². The molecule has 0 fully saturated rings. The molecule has 0 saturated carbocycles. The molecule has 1 heterocycles. The number of hydrogen-bond acceptors (Lipinski definition) is 1. The second kappa shape index (κ2) is 4.18. The van der Waals surface area contributed by atoms with Gasteiger partial charge < -0.3 is 4.72 Å². The Morgan fingerprint density at radius 3 is 2.92 bits per heavy atom. The lowest BCUT2D eigenvalue weighted by molar-refractivity contribution is -0.671. The molecule has 0 aliphatic heterocycles. The zero-order chi connectivity index (χ0) is 9.84. The van der Waals surface area contributed by atoms with E-state index in [-0.39, 0.29) is 16.6 Å². The summed E-state index contributed by atoms with van der Waals surface area (Å²) < 4.78 is 4.59. The van der Waals surface area contributed by atoms with Gasteiger partial charge in [-0.3, -0.25) is 4.79 Å². The van der Waals surface area contributed by atoms with Crippen molar-refractivity contribution in [1.82, 2.24) is 4.72 Å². The summed E-state index contributed by atoms with van der Waals surface area (Å²) >= 11 is 0. The predicted molar refractivity (Wildman–Crippen MR) is 55.7 cm³/mol. The van der Waals surface area contributed by atoms with Crippen molar-refractivity contribution in [3.05, 3.63) is 30.1 Å². The molecule has 1 aromatic heterocycles. The van der Waals surface area contributed by atoms with E-state index in [1.54, 1.807) is 12.3 Å². The fourth-order valence-corrected chi connectivity index (χ4v) is 1.37. The highest BCUT2D eigenvalue weighted by Gasteiger charge is 2.07. The molecule has 0 spiro atoms. The summed E-state index contributed by atoms with van der Waals surface area (Å²) in [6.45, 7) is 0. The van der Waals surface area contributed by atoms with Gasteiger partial charge in [0, 0.05) is 6.07 Å². The van der Waals surface area contributed by atoms with Gasteiger partial charge in [-0.15, -0.1) is 10.7 Å². The molecule has 4 heteroatoms. The van der Waals surface area contributed by atoms with Gasteiger partial charge in [-0.1, -0.05) is 5.87 Å². The van der Waals surface area contributed by atoms with Crippen LogP contribution >= 0.6 is 10.7 Å². The lowest BCUT2D eigenvalue weighted by Crippen LogP contribution is -2.29. The summed E-state index contributed by atoms with van der Waals surface area (Å²) in [7, 11) is 1.57. The number of nitrogens with one attached hydrogen (secondary N) is 1. The molecular formula is C9H13N2OS+. The van der Waals surface area contributed by atoms with Crippen molar-refractivity contribution in [2.24, 2.45) is 7.05 Å². The first-order valence-corrected chi connectivity index (χ1v) is 5.61. The fraction of sp³-hybridized carbons (Fsp3) is 0.222. The molecule has 0 saturated heterocycles. The predicted octanol–water partition coefficient (Wildman–Crippen LogP) is 0.487. The van der Waals surface area contributed by atoms with Crippen LogP contribution in [0.2, 0.25) is 0 Å². The minimum atomic E-state index is -0.312. The van der Waals surface area contributed by atoms with Gasteiger partial charge in [0.1, 0.15) is 12.6 Å². The van der Waals surface area contributed by atoms with Gasteiger partial charge in [0.25, 0.3) is 5.91 Å². The van der Waals surface area contributed by atoms with Crippen molar-refractivity contribution in [1.29, 1.82) is 0 Å². The maximum absolute atomic E-state index is 11.4. The van der Waals surface area contributed by atoms with E-state index < -0.39 is 0 Å². The number of nitrogens with zero attached hydrogens (tertiary/aromatic N) is 1. The van der Waals surface area contributed by atoms with Crippen LogP contribution in [0.25, 0.3) is 0 Å². The van der Waals surface area contributed by atoms with Crippen molar-refractivity contribution >= 4 is 22.4 Å². The first-order valence-electron chi connectivity index (χ1n) is 3.81. The summed E-state index contributed by atoms with van der Waals surface area (Å²) in [6, 6.07) is 3.62. The number of aryl methyl sites for hydroxylation is 1. The average Bonchev–Trinajstić information content (AvgIpc) is 2.03. The highest BCUT2D eigenvalue weighted by Crippen LogP contribution is 1.99. The van der Waals surface area contributed by atoms with Crippen LogP contribution in [0.3, 0.4) is 0 Å². The van der Waals surface area contributed by atoms with E-state index in [0.29, 0.717) is 5.56 Å². The Hall–Kier alpha value is -1.16. The molecule has 13 heavy (non-hydrogen) atoms. The van der Waals surface area contributed by atoms with Gasteiger partial charge in [0.15, 0.2) is 12.4 Å². The normalized spacial score (nSPS) is 12.2. The fourth-order valence-electron chi connectivity index (χ4n) is 0.939. The molecule has 1 unspecified atom stereocenters. The third-order valence-electron chi connectivity index (χ3n) is 1.47. The molecule has 1 N–H and O–H groups in total. The van der Waals surface area contributed by atoms with E-state index in [1.165, 1.54) is 0 Å². The first-order chi connectivity index (χ1) is 6.09. The Morgan fingerprint density at radius 2 is 2.38 bits per heavy atom. The summed E-state index contributed by atoms with van der Waals surface area (Å²) in [4.78, 5) is 11.4. The molecule has 0 aliphatic carbocycles. The lowest BCUT2D eigenvalue weighted by atomic mass is 10.3. The van der Waals surface area contributed by atoms with Crippen molar-refractivity contribution in [3.63, 3.8) is 0 Å². The summed E-state index contributed by atoms with van der Waals surface area (Å²) in [6.07, 6.45) is 5.52. The second-order valence-corrected chi connectivity index (χ2v) is 4.30. The minimum absolute atomic E-state index is 0.0722. The topological polar surface area (TPSA) is 33.0 Å². The Labute approximate surface area is 80.5 Å². The van der Waals surface area contributed by atoms with Crippen LogP contribution < -0.4 is 9.29 Å². The van der Waals surface area contributed by atoms with Crippen LogP contribution in [0.15, 0.2) is 24.5 Å². The molecule has 0 aliphatic rings. The van der Waals surface area contributed by atoms with Gasteiger partial charge in [0.05, 0.1) is 0 Å². The molecule has 1 rings (SSSR count). The summed E-state index contributed by atoms with van der Waals surface area (Å²) in [5, 5.41) is 0. The van der Waals surface area contributed by atoms with Crippen LogP contribution in [0.1, 0.15) is 10.4 Å². The van der Waals surface area contributed by atoms with Crippen molar-refractivity contribution in [3.8, 4) is 0 Å². The van der Waals surface area contributed by atoms with Gasteiger partial charge in [-0.2, -0.15) is 0 Å². The smallest absolute Gasteiger partial charge is 0.266 e. The lowest BCUT2D eigenvalue weighted by Gasteiger charge is -2.02. The molecule has 70 valence electrons. The van der Waals surface area contributed by atoms with Crippen LogP contribution in [0, 0.1) is 0 Å². The van der Waals surface area contributed by atoms with E-state index in [0.717, 1.165) is 0 Å². The zero-order valence-corrected chi connectivity index (χ0v) is 8.60. The van der Waals surface area contributed by atoms with Gasteiger partial charge in [-0.25, -0.2) is 4.57 Å². The molecule has 1 atom stereocenters. The van der Waals surface area contributed by atoms with Crippen molar-refractivity contribution in [2.75, 3.05) is 6.26 Å². The Morgan fingerprint density at radius 1 is 1.69 bits per heavy atom. The molecule has 1 aromatic rings. The number of pyridine rings is 1. The van der Waals surface area contributed by atoms with E-state index >= 15 is 0 Å². The van der Waals surface area contributed by atoms with Crippen LogP contribution in [-0.4, -0.2) is 18.0 Å². The number of carbonyl (C=O) groups is 1. The molecule has 1 amide bonds. The third-order valence-corrected chi connectivity index (χ3v) is 2.00. The van der Waals surface area contributed by atoms with E-state index in [2.05, 4.69) is 10.6 Å². The standard InChI is InChI=1S/C9H12N2OS/c1-11-6-4-5-8(7-11)9(12)10-13(2)3/h4-7H,2H2,1,3H3/p+1. The molecule has 0 radical (unpaired) electrons. The van der Waals surface area contributed by atoms with Crippen molar-refractivity contribution in [2.45, 2.75) is 0 Å². The number of aromatic nitrogens is 1. The number of rotatable bonds is 2. The maximum Gasteiger partial charge on any atom is 0.266 e. The SMILES string of the molecule is C=S(C)NC(=O)c1ccc[n+](C)c1. The Bertz CT molecular complexity index is 349. The third kappa shape index (κ3) is 2.99. The Kier molecular flexibility index (Phi) is 3.19. The average molecular weight is 197 g/mol. The molecular weight excluding hydrogens is 184 g/mol. The number of carbonyl (C=O) groups excluding carboxylic acids is 1. The van der Waals surface area contributed by atoms with Crippen LogP contribution in [0.4, 0.5) is 0 Å². The van der Waals surface area contributed by atoms with Gasteiger partial charge >= 0.3 is 0 Å². The van der Waals surface area contributed by atoms with E-state index in [1.807, 2.05) is 30.1 Å². The van der Waals surface area contributed by atoms with Gasteiger partial charge in [-0.05, 0) is 12.3 Å². The monoisotopic (exact) mass is 197 g/mol.